The molecule has 0 amide bonds. The summed E-state index contributed by atoms with van der Waals surface area (Å²) in [6.07, 6.45) is 0. The predicted octanol–water partition coefficient (Wildman–Crippen LogP) is 13.1. The fraction of sp³-hybridized carbons (Fsp3) is 0.125. The first-order valence-corrected chi connectivity index (χ1v) is 17.4. The SMILES string of the molecule is CC1(C)c2ccccc2-c2ccc(N(c3ccc4c(c3)C(C)(C)c3ccccc3-4)c3ccccc3-c3ccc(-c4ccccc4)cc3)cc21. The molecule has 0 aromatic heterocycles. The summed E-state index contributed by atoms with van der Waals surface area (Å²) in [5.41, 5.74) is 19.0. The second-order valence-corrected chi connectivity index (χ2v) is 14.6. The minimum atomic E-state index is -0.0953. The van der Waals surface area contributed by atoms with Gasteiger partial charge in [0, 0.05) is 27.8 Å². The molecule has 1 nitrogen and oxygen atoms in total. The Morgan fingerprint density at radius 2 is 0.735 bits per heavy atom. The first-order valence-electron chi connectivity index (χ1n) is 17.4. The lowest BCUT2D eigenvalue weighted by Crippen LogP contribution is -2.18. The van der Waals surface area contributed by atoms with Gasteiger partial charge < -0.3 is 4.90 Å². The Morgan fingerprint density at radius 3 is 1.29 bits per heavy atom. The van der Waals surface area contributed by atoms with Crippen LogP contribution in [0.1, 0.15) is 49.9 Å². The highest BCUT2D eigenvalue weighted by Crippen LogP contribution is 2.53. The van der Waals surface area contributed by atoms with E-state index in [4.69, 9.17) is 0 Å². The van der Waals surface area contributed by atoms with Crippen molar-refractivity contribution in [2.75, 3.05) is 4.90 Å². The number of fused-ring (bicyclic) bond motifs is 6. The molecule has 0 spiro atoms. The number of benzene rings is 7. The molecular formula is C48H39N. The standard InChI is InChI=1S/C48H39N/c1-47(2)42-19-11-8-17-38(42)40-28-26-35(30-44(40)47)49(36-27-29-41-39-18-9-12-20-43(39)48(3,4)45(41)31-36)46-21-13-10-16-37(46)34-24-22-33(23-25-34)32-14-6-5-7-15-32/h5-31H,1-4H3. The lowest BCUT2D eigenvalue weighted by molar-refractivity contribution is 0.660. The zero-order valence-electron chi connectivity index (χ0n) is 28.5. The van der Waals surface area contributed by atoms with Crippen molar-refractivity contribution in [3.05, 3.63) is 186 Å². The average molecular weight is 630 g/mol. The van der Waals surface area contributed by atoms with Gasteiger partial charge in [0.15, 0.2) is 0 Å². The first-order chi connectivity index (χ1) is 23.8. The molecule has 0 atom stereocenters. The van der Waals surface area contributed by atoms with Gasteiger partial charge in [0.1, 0.15) is 0 Å². The van der Waals surface area contributed by atoms with Gasteiger partial charge in [0.2, 0.25) is 0 Å². The van der Waals surface area contributed by atoms with Crippen LogP contribution in [0.5, 0.6) is 0 Å². The number of rotatable bonds is 5. The lowest BCUT2D eigenvalue weighted by atomic mass is 9.82. The molecule has 7 aromatic rings. The van der Waals surface area contributed by atoms with Crippen LogP contribution in [-0.2, 0) is 10.8 Å². The van der Waals surface area contributed by atoms with Gasteiger partial charge >= 0.3 is 0 Å². The third kappa shape index (κ3) is 4.53. The molecule has 0 saturated carbocycles. The van der Waals surface area contributed by atoms with E-state index < -0.39 is 0 Å². The van der Waals surface area contributed by atoms with Gasteiger partial charge in [-0.3, -0.25) is 0 Å². The molecule has 0 fully saturated rings. The molecule has 0 bridgehead atoms. The number of nitrogens with zero attached hydrogens (tertiary/aromatic N) is 1. The number of anilines is 3. The fourth-order valence-electron chi connectivity index (χ4n) is 8.48. The van der Waals surface area contributed by atoms with Crippen molar-refractivity contribution in [1.29, 1.82) is 0 Å². The first kappa shape index (κ1) is 29.5. The number of para-hydroxylation sites is 1. The van der Waals surface area contributed by atoms with Crippen molar-refractivity contribution >= 4 is 17.1 Å². The van der Waals surface area contributed by atoms with Crippen molar-refractivity contribution < 1.29 is 0 Å². The fourth-order valence-corrected chi connectivity index (χ4v) is 8.48. The highest BCUT2D eigenvalue weighted by atomic mass is 15.1. The molecule has 0 saturated heterocycles. The van der Waals surface area contributed by atoms with Crippen LogP contribution in [0.25, 0.3) is 44.5 Å². The van der Waals surface area contributed by atoms with Crippen molar-refractivity contribution in [1.82, 2.24) is 0 Å². The van der Waals surface area contributed by atoms with Crippen LogP contribution in [0, 0.1) is 0 Å². The molecule has 0 unspecified atom stereocenters. The maximum Gasteiger partial charge on any atom is 0.0540 e. The van der Waals surface area contributed by atoms with Crippen LogP contribution in [-0.4, -0.2) is 0 Å². The summed E-state index contributed by atoms with van der Waals surface area (Å²) < 4.78 is 0. The van der Waals surface area contributed by atoms with E-state index >= 15 is 0 Å². The Hall–Kier alpha value is -5.66. The van der Waals surface area contributed by atoms with Crippen LogP contribution in [0.2, 0.25) is 0 Å². The van der Waals surface area contributed by atoms with Gasteiger partial charge in [-0.2, -0.15) is 0 Å². The maximum absolute atomic E-state index is 2.49. The topological polar surface area (TPSA) is 3.24 Å². The second kappa shape index (κ2) is 10.9. The lowest BCUT2D eigenvalue weighted by Gasteiger charge is -2.31. The summed E-state index contributed by atoms with van der Waals surface area (Å²) in [5, 5.41) is 0. The zero-order chi connectivity index (χ0) is 33.3. The van der Waals surface area contributed by atoms with Crippen LogP contribution >= 0.6 is 0 Å². The van der Waals surface area contributed by atoms with E-state index in [-0.39, 0.29) is 10.8 Å². The minimum Gasteiger partial charge on any atom is -0.310 e. The second-order valence-electron chi connectivity index (χ2n) is 14.6. The van der Waals surface area contributed by atoms with Gasteiger partial charge in [-0.25, -0.2) is 0 Å². The molecule has 2 aliphatic carbocycles. The molecule has 0 heterocycles. The van der Waals surface area contributed by atoms with Gasteiger partial charge in [0.05, 0.1) is 5.69 Å². The maximum atomic E-state index is 2.49. The molecule has 49 heavy (non-hydrogen) atoms. The summed E-state index contributed by atoms with van der Waals surface area (Å²) in [6.45, 7) is 9.46. The summed E-state index contributed by atoms with van der Waals surface area (Å²) in [6, 6.07) is 60.5. The average Bonchev–Trinajstić information content (AvgIpc) is 3.52. The van der Waals surface area contributed by atoms with Crippen LogP contribution in [0.3, 0.4) is 0 Å². The monoisotopic (exact) mass is 629 g/mol. The van der Waals surface area contributed by atoms with Crippen molar-refractivity contribution in [3.63, 3.8) is 0 Å². The van der Waals surface area contributed by atoms with Crippen molar-refractivity contribution in [2.45, 2.75) is 38.5 Å². The van der Waals surface area contributed by atoms with Gasteiger partial charge in [-0.1, -0.05) is 161 Å². The Labute approximate surface area is 290 Å². The van der Waals surface area contributed by atoms with Crippen LogP contribution in [0.15, 0.2) is 164 Å². The Kier molecular flexibility index (Phi) is 6.58. The molecule has 1 heteroatoms. The van der Waals surface area contributed by atoms with Gasteiger partial charge in [0.25, 0.3) is 0 Å². The molecule has 9 rings (SSSR count). The summed E-state index contributed by atoms with van der Waals surface area (Å²) in [7, 11) is 0. The van der Waals surface area contributed by atoms with E-state index in [1.54, 1.807) is 0 Å². The highest BCUT2D eigenvalue weighted by molar-refractivity contribution is 5.92. The molecule has 236 valence electrons. The third-order valence-electron chi connectivity index (χ3n) is 11.1. The van der Waals surface area contributed by atoms with E-state index in [0.717, 1.165) is 5.69 Å². The molecule has 0 N–H and O–H groups in total. The molecule has 0 aliphatic heterocycles. The minimum absolute atomic E-state index is 0.0953. The summed E-state index contributed by atoms with van der Waals surface area (Å²) in [4.78, 5) is 2.49. The quantitative estimate of drug-likeness (QED) is 0.183. The van der Waals surface area contributed by atoms with Crippen molar-refractivity contribution in [2.24, 2.45) is 0 Å². The van der Waals surface area contributed by atoms with Gasteiger partial charge in [-0.15, -0.1) is 0 Å². The van der Waals surface area contributed by atoms with E-state index in [1.165, 1.54) is 78.1 Å². The summed E-state index contributed by atoms with van der Waals surface area (Å²) >= 11 is 0. The predicted molar refractivity (Wildman–Crippen MR) is 207 cm³/mol. The Balaban J connectivity index is 1.23. The zero-order valence-corrected chi connectivity index (χ0v) is 28.5. The van der Waals surface area contributed by atoms with E-state index in [1.807, 2.05) is 0 Å². The van der Waals surface area contributed by atoms with Crippen LogP contribution < -0.4 is 4.90 Å². The highest BCUT2D eigenvalue weighted by Gasteiger charge is 2.37. The molecule has 7 aromatic carbocycles. The molecule has 2 aliphatic rings. The normalized spacial score (nSPS) is 14.4. The van der Waals surface area contributed by atoms with E-state index in [9.17, 15) is 0 Å². The smallest absolute Gasteiger partial charge is 0.0540 e. The Morgan fingerprint density at radius 1 is 0.327 bits per heavy atom. The summed E-state index contributed by atoms with van der Waals surface area (Å²) in [5.74, 6) is 0. The number of hydrogen-bond donors (Lipinski definition) is 0. The van der Waals surface area contributed by atoms with E-state index in [2.05, 4.69) is 196 Å². The number of hydrogen-bond acceptors (Lipinski definition) is 1. The van der Waals surface area contributed by atoms with Gasteiger partial charge in [-0.05, 0) is 91.5 Å². The van der Waals surface area contributed by atoms with Crippen LogP contribution in [0.4, 0.5) is 17.1 Å². The molecule has 0 radical (unpaired) electrons. The molecular weight excluding hydrogens is 591 g/mol. The largest absolute Gasteiger partial charge is 0.310 e. The third-order valence-corrected chi connectivity index (χ3v) is 11.1. The van der Waals surface area contributed by atoms with Crippen molar-refractivity contribution in [3.8, 4) is 44.5 Å². The Bertz CT molecular complexity index is 2270. The van der Waals surface area contributed by atoms with E-state index in [0.29, 0.717) is 0 Å².